The molecule has 1 aromatic rings. The fourth-order valence-electron chi connectivity index (χ4n) is 2.81. The second-order valence-electron chi connectivity index (χ2n) is 5.99. The lowest BCUT2D eigenvalue weighted by molar-refractivity contribution is 0.0486. The van der Waals surface area contributed by atoms with Crippen molar-refractivity contribution in [1.82, 2.24) is 10.2 Å². The van der Waals surface area contributed by atoms with E-state index in [1.54, 1.807) is 0 Å². The Kier molecular flexibility index (Phi) is 8.63. The molecule has 5 nitrogen and oxygen atoms in total. The van der Waals surface area contributed by atoms with Gasteiger partial charge in [-0.25, -0.2) is 0 Å². The summed E-state index contributed by atoms with van der Waals surface area (Å²) in [5.41, 5.74) is 2.85. The molecular formula is C19H31N3O2. The van der Waals surface area contributed by atoms with Gasteiger partial charge < -0.3 is 19.7 Å². The van der Waals surface area contributed by atoms with Crippen LogP contribution in [0.15, 0.2) is 29.3 Å². The van der Waals surface area contributed by atoms with E-state index < -0.39 is 0 Å². The van der Waals surface area contributed by atoms with Gasteiger partial charge in [-0.15, -0.1) is 0 Å². The number of fused-ring (bicyclic) bond motifs is 1. The van der Waals surface area contributed by atoms with Gasteiger partial charge in [0.1, 0.15) is 0 Å². The van der Waals surface area contributed by atoms with Crippen LogP contribution in [0.2, 0.25) is 0 Å². The molecule has 2 rings (SSSR count). The van der Waals surface area contributed by atoms with Crippen molar-refractivity contribution in [3.8, 4) is 0 Å². The second kappa shape index (κ2) is 11.0. The van der Waals surface area contributed by atoms with Crippen LogP contribution in [0.3, 0.4) is 0 Å². The highest BCUT2D eigenvalue weighted by Crippen LogP contribution is 2.18. The summed E-state index contributed by atoms with van der Waals surface area (Å²) in [5, 5.41) is 3.39. The Morgan fingerprint density at radius 2 is 1.88 bits per heavy atom. The number of rotatable bonds is 9. The van der Waals surface area contributed by atoms with E-state index in [9.17, 15) is 0 Å². The van der Waals surface area contributed by atoms with Gasteiger partial charge in [0.25, 0.3) is 0 Å². The molecule has 0 fully saturated rings. The predicted molar refractivity (Wildman–Crippen MR) is 98.5 cm³/mol. The monoisotopic (exact) mass is 333 g/mol. The summed E-state index contributed by atoms with van der Waals surface area (Å²) >= 11 is 0. The SMILES string of the molecule is CCCCOCCOCCNC(=NC)N1CCc2ccccc2C1. The molecule has 0 radical (unpaired) electrons. The molecule has 0 unspecified atom stereocenters. The standard InChI is InChI=1S/C19H31N3O2/c1-3-4-12-23-14-15-24-13-10-21-19(20-2)22-11-9-17-7-5-6-8-18(17)16-22/h5-8H,3-4,9-16H2,1-2H3,(H,20,21). The largest absolute Gasteiger partial charge is 0.379 e. The Morgan fingerprint density at radius 1 is 1.12 bits per heavy atom. The minimum atomic E-state index is 0.654. The Labute approximate surface area is 146 Å². The van der Waals surface area contributed by atoms with Crippen molar-refractivity contribution in [1.29, 1.82) is 0 Å². The van der Waals surface area contributed by atoms with Crippen molar-refractivity contribution in [2.75, 3.05) is 46.6 Å². The number of nitrogens with one attached hydrogen (secondary N) is 1. The topological polar surface area (TPSA) is 46.1 Å². The third kappa shape index (κ3) is 6.13. The zero-order valence-corrected chi connectivity index (χ0v) is 15.1. The molecule has 1 heterocycles. The van der Waals surface area contributed by atoms with Crippen molar-refractivity contribution < 1.29 is 9.47 Å². The number of nitrogens with zero attached hydrogens (tertiary/aromatic N) is 2. The molecule has 0 spiro atoms. The number of hydrogen-bond acceptors (Lipinski definition) is 3. The molecule has 1 aliphatic heterocycles. The predicted octanol–water partition coefficient (Wildman–Crippen LogP) is 2.45. The van der Waals surface area contributed by atoms with E-state index in [-0.39, 0.29) is 0 Å². The van der Waals surface area contributed by atoms with Gasteiger partial charge in [0.15, 0.2) is 5.96 Å². The van der Waals surface area contributed by atoms with Gasteiger partial charge >= 0.3 is 0 Å². The van der Waals surface area contributed by atoms with Gasteiger partial charge in [0, 0.05) is 33.3 Å². The van der Waals surface area contributed by atoms with Crippen LogP contribution in [0.1, 0.15) is 30.9 Å². The maximum absolute atomic E-state index is 5.59. The first-order valence-electron chi connectivity index (χ1n) is 9.03. The third-order valence-electron chi connectivity index (χ3n) is 4.19. The lowest BCUT2D eigenvalue weighted by Gasteiger charge is -2.31. The second-order valence-corrected chi connectivity index (χ2v) is 5.99. The van der Waals surface area contributed by atoms with E-state index in [0.717, 1.165) is 45.0 Å². The van der Waals surface area contributed by atoms with E-state index in [0.29, 0.717) is 19.8 Å². The van der Waals surface area contributed by atoms with Crippen LogP contribution in [0.4, 0.5) is 0 Å². The maximum Gasteiger partial charge on any atom is 0.194 e. The first-order chi connectivity index (χ1) is 11.8. The molecule has 0 aromatic heterocycles. The molecule has 1 aliphatic rings. The molecule has 0 atom stereocenters. The molecule has 1 aromatic carbocycles. The Morgan fingerprint density at radius 3 is 2.62 bits per heavy atom. The van der Waals surface area contributed by atoms with E-state index in [4.69, 9.17) is 9.47 Å². The van der Waals surface area contributed by atoms with E-state index >= 15 is 0 Å². The first-order valence-corrected chi connectivity index (χ1v) is 9.03. The van der Waals surface area contributed by atoms with Gasteiger partial charge in [-0.1, -0.05) is 37.6 Å². The molecule has 134 valence electrons. The number of hydrogen-bond donors (Lipinski definition) is 1. The average molecular weight is 333 g/mol. The fraction of sp³-hybridized carbons (Fsp3) is 0.632. The summed E-state index contributed by atoms with van der Waals surface area (Å²) in [7, 11) is 1.84. The van der Waals surface area contributed by atoms with Gasteiger partial charge in [-0.3, -0.25) is 4.99 Å². The van der Waals surface area contributed by atoms with Crippen LogP contribution in [0, 0.1) is 0 Å². The summed E-state index contributed by atoms with van der Waals surface area (Å²) in [6.45, 7) is 7.68. The highest BCUT2D eigenvalue weighted by atomic mass is 16.5. The van der Waals surface area contributed by atoms with E-state index in [1.807, 2.05) is 7.05 Å². The van der Waals surface area contributed by atoms with Crippen LogP contribution in [0.25, 0.3) is 0 Å². The molecule has 0 saturated heterocycles. The van der Waals surface area contributed by atoms with E-state index in [2.05, 4.69) is 46.4 Å². The molecule has 0 saturated carbocycles. The molecule has 5 heteroatoms. The fourth-order valence-corrected chi connectivity index (χ4v) is 2.81. The van der Waals surface area contributed by atoms with Crippen molar-refractivity contribution in [3.63, 3.8) is 0 Å². The minimum Gasteiger partial charge on any atom is -0.379 e. The number of ether oxygens (including phenoxy) is 2. The smallest absolute Gasteiger partial charge is 0.194 e. The first kappa shape index (κ1) is 18.7. The maximum atomic E-state index is 5.59. The van der Waals surface area contributed by atoms with Gasteiger partial charge in [0.2, 0.25) is 0 Å². The number of unbranched alkanes of at least 4 members (excludes halogenated alkanes) is 1. The normalized spacial score (nSPS) is 14.6. The zero-order valence-electron chi connectivity index (χ0n) is 15.1. The van der Waals surface area contributed by atoms with Crippen molar-refractivity contribution in [2.45, 2.75) is 32.7 Å². The van der Waals surface area contributed by atoms with Gasteiger partial charge in [0.05, 0.1) is 19.8 Å². The summed E-state index contributed by atoms with van der Waals surface area (Å²) < 4.78 is 11.1. The zero-order chi connectivity index (χ0) is 17.0. The minimum absolute atomic E-state index is 0.654. The molecule has 1 N–H and O–H groups in total. The van der Waals surface area contributed by atoms with Gasteiger partial charge in [-0.2, -0.15) is 0 Å². The molecule has 0 bridgehead atoms. The Balaban J connectivity index is 1.62. The summed E-state index contributed by atoms with van der Waals surface area (Å²) in [4.78, 5) is 6.71. The summed E-state index contributed by atoms with van der Waals surface area (Å²) in [5.74, 6) is 0.951. The number of guanidine groups is 1. The summed E-state index contributed by atoms with van der Waals surface area (Å²) in [6, 6.07) is 8.65. The lowest BCUT2D eigenvalue weighted by Crippen LogP contribution is -2.45. The van der Waals surface area contributed by atoms with Gasteiger partial charge in [-0.05, 0) is 24.0 Å². The third-order valence-corrected chi connectivity index (χ3v) is 4.19. The molecule has 24 heavy (non-hydrogen) atoms. The van der Waals surface area contributed by atoms with Crippen LogP contribution in [0.5, 0.6) is 0 Å². The average Bonchev–Trinajstić information content (AvgIpc) is 2.63. The van der Waals surface area contributed by atoms with Crippen LogP contribution in [-0.2, 0) is 22.4 Å². The van der Waals surface area contributed by atoms with E-state index in [1.165, 1.54) is 17.5 Å². The highest BCUT2D eigenvalue weighted by molar-refractivity contribution is 5.80. The quantitative estimate of drug-likeness (QED) is 0.428. The van der Waals surface area contributed by atoms with Crippen LogP contribution < -0.4 is 5.32 Å². The number of benzene rings is 1. The highest BCUT2D eigenvalue weighted by Gasteiger charge is 2.18. The number of aliphatic imine (C=N–C) groups is 1. The Bertz CT molecular complexity index is 505. The summed E-state index contributed by atoms with van der Waals surface area (Å²) in [6.07, 6.45) is 3.37. The lowest BCUT2D eigenvalue weighted by atomic mass is 10.0. The van der Waals surface area contributed by atoms with Crippen molar-refractivity contribution in [2.24, 2.45) is 4.99 Å². The van der Waals surface area contributed by atoms with Crippen LogP contribution >= 0.6 is 0 Å². The molecule has 0 aliphatic carbocycles. The van der Waals surface area contributed by atoms with Crippen LogP contribution in [-0.4, -0.2) is 57.4 Å². The van der Waals surface area contributed by atoms with Crippen molar-refractivity contribution >= 4 is 5.96 Å². The molecule has 0 amide bonds. The Hall–Kier alpha value is -1.59. The van der Waals surface area contributed by atoms with Crippen molar-refractivity contribution in [3.05, 3.63) is 35.4 Å². The molecular weight excluding hydrogens is 302 g/mol.